The molecule has 0 saturated carbocycles. The van der Waals surface area contributed by atoms with Crippen molar-refractivity contribution in [3.05, 3.63) is 35.4 Å². The molecule has 0 aromatic heterocycles. The number of benzene rings is 1. The summed E-state index contributed by atoms with van der Waals surface area (Å²) in [5, 5.41) is 2.82. The quantitative estimate of drug-likeness (QED) is 0.799. The minimum Gasteiger partial charge on any atom is -0.336 e. The summed E-state index contributed by atoms with van der Waals surface area (Å²) in [6, 6.07) is 7.48. The molecule has 0 radical (unpaired) electrons. The Labute approximate surface area is 109 Å². The Bertz CT molecular complexity index is 385. The van der Waals surface area contributed by atoms with Crippen LogP contribution in [0.4, 0.5) is 0 Å². The van der Waals surface area contributed by atoms with Gasteiger partial charge in [0.15, 0.2) is 0 Å². The molecule has 0 aliphatic carbocycles. The molecule has 1 atom stereocenters. The normalized spacial score (nSPS) is 12.5. The number of hydrogen-bond donors (Lipinski definition) is 2. The molecule has 3 nitrogen and oxygen atoms in total. The zero-order valence-corrected chi connectivity index (χ0v) is 11.6. The Morgan fingerprint density at radius 2 is 1.82 bits per heavy atom. The molecule has 0 bridgehead atoms. The van der Waals surface area contributed by atoms with Gasteiger partial charge in [0.05, 0.1) is 6.17 Å². The molecule has 0 fully saturated rings. The second-order valence-electron chi connectivity index (χ2n) is 5.13. The van der Waals surface area contributed by atoms with Crippen molar-refractivity contribution < 1.29 is 4.79 Å². The van der Waals surface area contributed by atoms with E-state index >= 15 is 0 Å². The van der Waals surface area contributed by atoms with Gasteiger partial charge in [-0.25, -0.2) is 0 Å². The molecule has 0 spiro atoms. The van der Waals surface area contributed by atoms with Crippen molar-refractivity contribution in [1.82, 2.24) is 5.32 Å². The topological polar surface area (TPSA) is 55.1 Å². The van der Waals surface area contributed by atoms with E-state index in [0.29, 0.717) is 5.56 Å². The molecule has 1 unspecified atom stereocenters. The van der Waals surface area contributed by atoms with Gasteiger partial charge >= 0.3 is 0 Å². The van der Waals surface area contributed by atoms with Gasteiger partial charge < -0.3 is 11.1 Å². The van der Waals surface area contributed by atoms with Gasteiger partial charge in [-0.1, -0.05) is 39.0 Å². The molecule has 1 aromatic carbocycles. The maximum absolute atomic E-state index is 11.9. The van der Waals surface area contributed by atoms with E-state index < -0.39 is 0 Å². The number of carbonyl (C=O) groups is 1. The van der Waals surface area contributed by atoms with E-state index in [0.717, 1.165) is 5.56 Å². The summed E-state index contributed by atoms with van der Waals surface area (Å²) >= 11 is 0. The van der Waals surface area contributed by atoms with E-state index in [4.69, 9.17) is 5.73 Å². The SMILES string of the molecule is Cc1ccccc1C(=O)NC(N)C(C)(C)C.Cl. The van der Waals surface area contributed by atoms with Crippen molar-refractivity contribution >= 4 is 18.3 Å². The van der Waals surface area contributed by atoms with Crippen LogP contribution in [0.15, 0.2) is 24.3 Å². The molecule has 0 aliphatic heterocycles. The number of hydrogen-bond acceptors (Lipinski definition) is 2. The maximum atomic E-state index is 11.9. The summed E-state index contributed by atoms with van der Waals surface area (Å²) in [4.78, 5) is 11.9. The highest BCUT2D eigenvalue weighted by molar-refractivity contribution is 5.95. The predicted octanol–water partition coefficient (Wildman–Crippen LogP) is 2.48. The molecular formula is C13H21ClN2O. The highest BCUT2D eigenvalue weighted by Gasteiger charge is 2.23. The largest absolute Gasteiger partial charge is 0.336 e. The summed E-state index contributed by atoms with van der Waals surface area (Å²) in [7, 11) is 0. The lowest BCUT2D eigenvalue weighted by Gasteiger charge is -2.27. The first-order chi connectivity index (χ1) is 7.32. The van der Waals surface area contributed by atoms with Crippen LogP contribution in [-0.2, 0) is 0 Å². The van der Waals surface area contributed by atoms with Crippen LogP contribution in [0, 0.1) is 12.3 Å². The Hall–Kier alpha value is -1.06. The monoisotopic (exact) mass is 256 g/mol. The van der Waals surface area contributed by atoms with E-state index in [9.17, 15) is 4.79 Å². The number of nitrogens with one attached hydrogen (secondary N) is 1. The summed E-state index contributed by atoms with van der Waals surface area (Å²) in [6.45, 7) is 7.90. The summed E-state index contributed by atoms with van der Waals surface area (Å²) in [5.41, 5.74) is 7.41. The van der Waals surface area contributed by atoms with E-state index in [1.165, 1.54) is 0 Å². The first-order valence-electron chi connectivity index (χ1n) is 5.44. The fourth-order valence-electron chi connectivity index (χ4n) is 1.26. The van der Waals surface area contributed by atoms with Gasteiger partial charge in [-0.2, -0.15) is 0 Å². The molecular weight excluding hydrogens is 236 g/mol. The van der Waals surface area contributed by atoms with Crippen LogP contribution in [0.5, 0.6) is 0 Å². The minimum absolute atomic E-state index is 0. The first kappa shape index (κ1) is 15.9. The van der Waals surface area contributed by atoms with Crippen LogP contribution in [0.3, 0.4) is 0 Å². The molecule has 1 rings (SSSR count). The van der Waals surface area contributed by atoms with E-state index in [-0.39, 0.29) is 29.9 Å². The summed E-state index contributed by atoms with van der Waals surface area (Å²) < 4.78 is 0. The van der Waals surface area contributed by atoms with Gasteiger partial charge in [-0.15, -0.1) is 12.4 Å². The molecule has 1 amide bonds. The Kier molecular flexibility index (Phi) is 5.66. The highest BCUT2D eigenvalue weighted by atomic mass is 35.5. The average Bonchev–Trinajstić information content (AvgIpc) is 2.16. The molecule has 4 heteroatoms. The smallest absolute Gasteiger partial charge is 0.252 e. The third-order valence-electron chi connectivity index (χ3n) is 2.61. The van der Waals surface area contributed by atoms with Gasteiger partial charge in [0, 0.05) is 5.56 Å². The van der Waals surface area contributed by atoms with E-state index in [1.807, 2.05) is 45.9 Å². The van der Waals surface area contributed by atoms with Crippen molar-refractivity contribution in [2.45, 2.75) is 33.9 Å². The molecule has 0 heterocycles. The van der Waals surface area contributed by atoms with E-state index in [2.05, 4.69) is 5.32 Å². The average molecular weight is 257 g/mol. The zero-order chi connectivity index (χ0) is 12.3. The van der Waals surface area contributed by atoms with Crippen LogP contribution in [0.2, 0.25) is 0 Å². The van der Waals surface area contributed by atoms with Crippen molar-refractivity contribution in [1.29, 1.82) is 0 Å². The van der Waals surface area contributed by atoms with Crippen LogP contribution in [0.25, 0.3) is 0 Å². The van der Waals surface area contributed by atoms with Crippen molar-refractivity contribution in [2.24, 2.45) is 11.1 Å². The molecule has 96 valence electrons. The fraction of sp³-hybridized carbons (Fsp3) is 0.462. The second kappa shape index (κ2) is 6.03. The maximum Gasteiger partial charge on any atom is 0.252 e. The van der Waals surface area contributed by atoms with Gasteiger partial charge in [0.2, 0.25) is 0 Å². The van der Waals surface area contributed by atoms with Crippen molar-refractivity contribution in [2.75, 3.05) is 0 Å². The van der Waals surface area contributed by atoms with Crippen LogP contribution < -0.4 is 11.1 Å². The molecule has 17 heavy (non-hydrogen) atoms. The standard InChI is InChI=1S/C13H20N2O.ClH/c1-9-7-5-6-8-10(9)11(16)15-12(14)13(2,3)4;/h5-8,12H,14H2,1-4H3,(H,15,16);1H. The van der Waals surface area contributed by atoms with Gasteiger partial charge in [-0.3, -0.25) is 4.79 Å². The lowest BCUT2D eigenvalue weighted by Crippen LogP contribution is -2.50. The van der Waals surface area contributed by atoms with Crippen LogP contribution in [-0.4, -0.2) is 12.1 Å². The lowest BCUT2D eigenvalue weighted by molar-refractivity contribution is 0.0904. The van der Waals surface area contributed by atoms with Gasteiger partial charge in [0.25, 0.3) is 5.91 Å². The van der Waals surface area contributed by atoms with Crippen LogP contribution in [0.1, 0.15) is 36.7 Å². The predicted molar refractivity (Wildman–Crippen MR) is 73.3 cm³/mol. The highest BCUT2D eigenvalue weighted by Crippen LogP contribution is 2.16. The Morgan fingerprint density at radius 3 is 2.29 bits per heavy atom. The number of nitrogens with two attached hydrogens (primary N) is 1. The van der Waals surface area contributed by atoms with Gasteiger partial charge in [0.1, 0.15) is 0 Å². The Morgan fingerprint density at radius 1 is 1.29 bits per heavy atom. The number of amides is 1. The second-order valence-corrected chi connectivity index (χ2v) is 5.13. The van der Waals surface area contributed by atoms with E-state index in [1.54, 1.807) is 6.07 Å². The fourth-order valence-corrected chi connectivity index (χ4v) is 1.26. The van der Waals surface area contributed by atoms with Crippen molar-refractivity contribution in [3.8, 4) is 0 Å². The van der Waals surface area contributed by atoms with Crippen molar-refractivity contribution in [3.63, 3.8) is 0 Å². The third-order valence-corrected chi connectivity index (χ3v) is 2.61. The molecule has 0 saturated heterocycles. The Balaban J connectivity index is 0.00000256. The molecule has 3 N–H and O–H groups in total. The zero-order valence-electron chi connectivity index (χ0n) is 10.8. The first-order valence-corrected chi connectivity index (χ1v) is 5.44. The van der Waals surface area contributed by atoms with Crippen LogP contribution >= 0.6 is 12.4 Å². The number of halogens is 1. The summed E-state index contributed by atoms with van der Waals surface area (Å²) in [5.74, 6) is -0.111. The minimum atomic E-state index is -0.348. The van der Waals surface area contributed by atoms with Gasteiger partial charge in [-0.05, 0) is 24.0 Å². The summed E-state index contributed by atoms with van der Waals surface area (Å²) in [6.07, 6.45) is -0.348. The third kappa shape index (κ3) is 4.36. The molecule has 0 aliphatic rings. The number of carbonyl (C=O) groups excluding carboxylic acids is 1. The molecule has 1 aromatic rings. The number of aryl methyl sites for hydroxylation is 1. The number of rotatable bonds is 2. The lowest BCUT2D eigenvalue weighted by atomic mass is 9.92.